The average molecular weight is 654 g/mol. The van der Waals surface area contributed by atoms with Gasteiger partial charge in [-0.25, -0.2) is 0 Å². The zero-order valence-electron chi connectivity index (χ0n) is 28.9. The first-order valence-electron chi connectivity index (χ1n) is 17.2. The maximum atomic E-state index is 4.52. The van der Waals surface area contributed by atoms with Crippen LogP contribution in [0.25, 0.3) is 5.69 Å². The molecule has 7 rings (SSSR count). The van der Waals surface area contributed by atoms with Crippen LogP contribution in [0.4, 0.5) is 11.4 Å². The highest BCUT2D eigenvalue weighted by molar-refractivity contribution is 8.03. The molecule has 0 spiro atoms. The van der Waals surface area contributed by atoms with E-state index in [1.54, 1.807) is 11.8 Å². The summed E-state index contributed by atoms with van der Waals surface area (Å²) in [5.74, 6) is 0. The Labute approximate surface area is 289 Å². The normalized spacial score (nSPS) is 20.0. The fraction of sp³-hybridized carbons (Fsp3) is 0.317. The second-order valence-corrected chi connectivity index (χ2v) is 14.7. The largest absolute Gasteiger partial charge is 0.344 e. The smallest absolute Gasteiger partial charge is 0.218 e. The third-order valence-electron chi connectivity index (χ3n) is 10.2. The van der Waals surface area contributed by atoms with Crippen molar-refractivity contribution in [2.75, 3.05) is 18.0 Å². The van der Waals surface area contributed by atoms with Crippen molar-refractivity contribution >= 4 is 28.8 Å². The molecule has 48 heavy (non-hydrogen) atoms. The van der Waals surface area contributed by atoms with E-state index in [2.05, 4.69) is 139 Å². The summed E-state index contributed by atoms with van der Waals surface area (Å²) >= 11 is 1.68. The summed E-state index contributed by atoms with van der Waals surface area (Å²) in [7, 11) is 0. The molecule has 4 aromatic rings. The van der Waals surface area contributed by atoms with Crippen molar-refractivity contribution in [3.63, 3.8) is 0 Å². The van der Waals surface area contributed by atoms with E-state index in [1.165, 1.54) is 50.0 Å². The van der Waals surface area contributed by atoms with Crippen LogP contribution in [0.2, 0.25) is 0 Å². The molecule has 0 saturated carbocycles. The third kappa shape index (κ3) is 5.48. The molecule has 0 N–H and O–H groups in total. The van der Waals surface area contributed by atoms with Gasteiger partial charge in [-0.3, -0.25) is 0 Å². The van der Waals surface area contributed by atoms with Crippen molar-refractivity contribution in [2.45, 2.75) is 76.8 Å². The summed E-state index contributed by atoms with van der Waals surface area (Å²) in [6.07, 6.45) is 12.6. The number of likely N-dealkylation sites (N-methyl/N-ethyl adjacent to an activating group) is 1. The van der Waals surface area contributed by atoms with E-state index < -0.39 is 0 Å². The lowest BCUT2D eigenvalue weighted by Gasteiger charge is -2.26. The van der Waals surface area contributed by atoms with Crippen LogP contribution in [-0.4, -0.2) is 43.6 Å². The number of aromatic nitrogens is 4. The predicted molar refractivity (Wildman–Crippen MR) is 199 cm³/mol. The molecule has 244 valence electrons. The molecule has 1 aromatic heterocycles. The van der Waals surface area contributed by atoms with Crippen molar-refractivity contribution in [3.05, 3.63) is 136 Å². The molecule has 6 nitrogen and oxygen atoms in total. The minimum absolute atomic E-state index is 0.0845. The monoisotopic (exact) mass is 653 g/mol. The first-order chi connectivity index (χ1) is 23.3. The highest BCUT2D eigenvalue weighted by atomic mass is 32.2. The van der Waals surface area contributed by atoms with Gasteiger partial charge in [0, 0.05) is 46.0 Å². The van der Waals surface area contributed by atoms with Crippen molar-refractivity contribution in [3.8, 4) is 5.69 Å². The molecule has 3 aliphatic rings. The molecule has 1 aliphatic carbocycles. The fourth-order valence-electron chi connectivity index (χ4n) is 7.74. The number of anilines is 1. The number of tetrazole rings is 1. The topological polar surface area (TPSA) is 49.9 Å². The lowest BCUT2D eigenvalue weighted by molar-refractivity contribution is -0.433. The molecule has 3 aromatic carbocycles. The van der Waals surface area contributed by atoms with Gasteiger partial charge in [0.1, 0.15) is 6.54 Å². The Bertz CT molecular complexity index is 2010. The highest BCUT2D eigenvalue weighted by Crippen LogP contribution is 2.48. The maximum absolute atomic E-state index is 4.52. The summed E-state index contributed by atoms with van der Waals surface area (Å²) < 4.78 is 4.32. The zero-order chi connectivity index (χ0) is 33.5. The van der Waals surface area contributed by atoms with E-state index in [0.717, 1.165) is 43.2 Å². The Kier molecular flexibility index (Phi) is 8.58. The van der Waals surface area contributed by atoms with Gasteiger partial charge in [0.05, 0.1) is 11.1 Å². The number of allylic oxidation sites excluding steroid dienone is 7. The Morgan fingerprint density at radius 2 is 1.54 bits per heavy atom. The third-order valence-corrected chi connectivity index (χ3v) is 11.4. The van der Waals surface area contributed by atoms with Crippen molar-refractivity contribution in [1.29, 1.82) is 0 Å². The Morgan fingerprint density at radius 1 is 0.812 bits per heavy atom. The molecule has 0 bridgehead atoms. The molecule has 0 unspecified atom stereocenters. The standard InChI is InChI=1S/C41H45N6S/c1-7-45-34-23-14-12-21-32(34)40(3,4)36(45)27-25-29-17-16-18-30(38(29)48-39-42-43-44-47(39)31-19-10-9-11-20-31)26-28-37-41(5,6)33-22-13-15-24-35(33)46(37)8-2/h9-15,19-28H,7-8,16-18H2,1-6H3/q+1. The molecular formula is C41H45N6S+. The minimum atomic E-state index is -0.0845. The quantitative estimate of drug-likeness (QED) is 0.177. The molecule has 0 amide bonds. The second-order valence-electron chi connectivity index (χ2n) is 13.8. The van der Waals surface area contributed by atoms with Crippen LogP contribution in [0.5, 0.6) is 0 Å². The molecule has 2 aliphatic heterocycles. The van der Waals surface area contributed by atoms with Gasteiger partial charge in [0.15, 0.2) is 5.71 Å². The SMILES string of the molecule is CCN1/C(=C/C=C2\CCCC(/C=C/C3=[N+](CC)c4ccccc4C3(C)C)=C2Sc2nnnn2-c2ccccc2)C(C)(C)c2ccccc21. The summed E-state index contributed by atoms with van der Waals surface area (Å²) in [6.45, 7) is 15.7. The molecule has 3 heterocycles. The molecule has 0 saturated heterocycles. The summed E-state index contributed by atoms with van der Waals surface area (Å²) in [4.78, 5) is 3.72. The summed E-state index contributed by atoms with van der Waals surface area (Å²) in [6, 6.07) is 27.8. The van der Waals surface area contributed by atoms with Crippen LogP contribution >= 0.6 is 11.8 Å². The van der Waals surface area contributed by atoms with Gasteiger partial charge < -0.3 is 4.90 Å². The Balaban J connectivity index is 1.34. The molecule has 0 fully saturated rings. The van der Waals surface area contributed by atoms with Gasteiger partial charge in [-0.2, -0.15) is 9.26 Å². The first-order valence-corrected chi connectivity index (χ1v) is 18.0. The number of thioether (sulfide) groups is 1. The number of hydrogen-bond acceptors (Lipinski definition) is 5. The number of fused-ring (bicyclic) bond motifs is 2. The van der Waals surface area contributed by atoms with E-state index in [9.17, 15) is 0 Å². The maximum Gasteiger partial charge on any atom is 0.218 e. The van der Waals surface area contributed by atoms with Crippen molar-refractivity contribution < 1.29 is 4.58 Å². The van der Waals surface area contributed by atoms with Crippen LogP contribution < -0.4 is 4.90 Å². The second kappa shape index (κ2) is 12.8. The molecular weight excluding hydrogens is 609 g/mol. The van der Waals surface area contributed by atoms with E-state index in [0.29, 0.717) is 0 Å². The minimum Gasteiger partial charge on any atom is -0.344 e. The fourth-order valence-corrected chi connectivity index (χ4v) is 8.83. The molecule has 0 radical (unpaired) electrons. The van der Waals surface area contributed by atoms with Gasteiger partial charge >= 0.3 is 0 Å². The van der Waals surface area contributed by atoms with Gasteiger partial charge in [-0.1, -0.05) is 80.6 Å². The van der Waals surface area contributed by atoms with Crippen LogP contribution in [0.1, 0.15) is 71.9 Å². The van der Waals surface area contributed by atoms with Gasteiger partial charge in [-0.05, 0) is 110 Å². The van der Waals surface area contributed by atoms with Crippen LogP contribution in [0.3, 0.4) is 0 Å². The van der Waals surface area contributed by atoms with Gasteiger partial charge in [-0.15, -0.1) is 5.10 Å². The molecule has 7 heteroatoms. The summed E-state index contributed by atoms with van der Waals surface area (Å²) in [5, 5.41) is 13.8. The number of hydrogen-bond donors (Lipinski definition) is 0. The average Bonchev–Trinajstić information content (AvgIpc) is 3.72. The van der Waals surface area contributed by atoms with Gasteiger partial charge in [0.25, 0.3) is 0 Å². The van der Waals surface area contributed by atoms with Crippen LogP contribution in [0, 0.1) is 0 Å². The van der Waals surface area contributed by atoms with Crippen molar-refractivity contribution in [2.24, 2.45) is 0 Å². The lowest BCUT2D eigenvalue weighted by atomic mass is 9.81. The Morgan fingerprint density at radius 3 is 2.31 bits per heavy atom. The van der Waals surface area contributed by atoms with E-state index in [-0.39, 0.29) is 10.8 Å². The summed E-state index contributed by atoms with van der Waals surface area (Å²) in [5.41, 5.74) is 11.5. The van der Waals surface area contributed by atoms with E-state index in [1.807, 2.05) is 35.0 Å². The number of rotatable bonds is 8. The van der Waals surface area contributed by atoms with Crippen LogP contribution in [0.15, 0.2) is 130 Å². The number of benzene rings is 3. The van der Waals surface area contributed by atoms with Gasteiger partial charge in [0.2, 0.25) is 10.8 Å². The number of nitrogens with zero attached hydrogens (tertiary/aromatic N) is 6. The van der Waals surface area contributed by atoms with Crippen LogP contribution in [-0.2, 0) is 10.8 Å². The first kappa shape index (κ1) is 32.1. The predicted octanol–water partition coefficient (Wildman–Crippen LogP) is 9.47. The Hall–Kier alpha value is -4.49. The highest BCUT2D eigenvalue weighted by Gasteiger charge is 2.43. The van der Waals surface area contributed by atoms with Crippen molar-refractivity contribution in [1.82, 2.24) is 20.2 Å². The van der Waals surface area contributed by atoms with E-state index in [4.69, 9.17) is 0 Å². The lowest BCUT2D eigenvalue weighted by Crippen LogP contribution is -2.27. The number of para-hydroxylation sites is 3. The molecule has 0 atom stereocenters. The zero-order valence-corrected chi connectivity index (χ0v) is 29.8. The van der Waals surface area contributed by atoms with E-state index >= 15 is 0 Å².